The summed E-state index contributed by atoms with van der Waals surface area (Å²) in [6.45, 7) is 8.47. The molecular weight excluding hydrogens is 378 g/mol. The molecule has 4 rings (SSSR count). The largest absolute Gasteiger partial charge is 0.322 e. The van der Waals surface area contributed by atoms with Gasteiger partial charge < -0.3 is 5.32 Å². The lowest BCUT2D eigenvalue weighted by Gasteiger charge is -2.19. The zero-order valence-corrected chi connectivity index (χ0v) is 17.8. The Morgan fingerprint density at radius 3 is 2.48 bits per heavy atom. The number of hydrogen-bond donors (Lipinski definition) is 1. The Morgan fingerprint density at radius 1 is 1.03 bits per heavy atom. The van der Waals surface area contributed by atoms with Crippen molar-refractivity contribution in [2.75, 3.05) is 5.32 Å². The maximum atomic E-state index is 12.8. The number of rotatable bonds is 3. The molecule has 0 aliphatic carbocycles. The van der Waals surface area contributed by atoms with E-state index in [2.05, 4.69) is 36.1 Å². The first-order valence-electron chi connectivity index (χ1n) is 9.56. The number of aromatic nitrogens is 2. The third kappa shape index (κ3) is 4.05. The molecule has 0 radical (unpaired) electrons. The zero-order chi connectivity index (χ0) is 20.6. The fraction of sp³-hybridized carbons (Fsp3) is 0.208. The van der Waals surface area contributed by atoms with Crippen molar-refractivity contribution in [3.05, 3.63) is 77.5 Å². The molecular formula is C24H23N3OS. The maximum absolute atomic E-state index is 12.8. The van der Waals surface area contributed by atoms with Gasteiger partial charge >= 0.3 is 0 Å². The zero-order valence-electron chi connectivity index (χ0n) is 17.0. The highest BCUT2D eigenvalue weighted by Crippen LogP contribution is 2.31. The van der Waals surface area contributed by atoms with Crippen molar-refractivity contribution in [3.63, 3.8) is 0 Å². The number of aryl methyl sites for hydroxylation is 1. The lowest BCUT2D eigenvalue weighted by atomic mass is 9.86. The third-order valence-corrected chi connectivity index (χ3v) is 5.94. The number of fused-ring (bicyclic) bond motifs is 1. The summed E-state index contributed by atoms with van der Waals surface area (Å²) in [5.41, 5.74) is 5.57. The maximum Gasteiger partial charge on any atom is 0.255 e. The van der Waals surface area contributed by atoms with Gasteiger partial charge in [-0.15, -0.1) is 0 Å². The quantitative estimate of drug-likeness (QED) is 0.443. The molecule has 2 heterocycles. The van der Waals surface area contributed by atoms with Crippen LogP contribution in [0.2, 0.25) is 0 Å². The molecule has 0 saturated carbocycles. The minimum atomic E-state index is -0.114. The van der Waals surface area contributed by atoms with Gasteiger partial charge in [-0.05, 0) is 53.8 Å². The van der Waals surface area contributed by atoms with E-state index in [-0.39, 0.29) is 11.3 Å². The predicted molar refractivity (Wildman–Crippen MR) is 121 cm³/mol. The highest BCUT2D eigenvalue weighted by Gasteiger charge is 2.15. The van der Waals surface area contributed by atoms with Crippen LogP contribution in [-0.4, -0.2) is 15.9 Å². The van der Waals surface area contributed by atoms with Gasteiger partial charge in [-0.3, -0.25) is 4.79 Å². The fourth-order valence-corrected chi connectivity index (χ4v) is 4.00. The number of carbonyl (C=O) groups excluding carboxylic acids is 1. The van der Waals surface area contributed by atoms with Crippen LogP contribution in [0.15, 0.2) is 60.8 Å². The van der Waals surface area contributed by atoms with Gasteiger partial charge in [-0.25, -0.2) is 9.97 Å². The Kier molecular flexibility index (Phi) is 4.92. The van der Waals surface area contributed by atoms with Gasteiger partial charge in [0.2, 0.25) is 0 Å². The van der Waals surface area contributed by atoms with Gasteiger partial charge in [-0.2, -0.15) is 0 Å². The first-order chi connectivity index (χ1) is 13.8. The van der Waals surface area contributed by atoms with Crippen molar-refractivity contribution < 1.29 is 4.79 Å². The van der Waals surface area contributed by atoms with Crippen molar-refractivity contribution in [2.45, 2.75) is 33.1 Å². The average Bonchev–Trinajstić information content (AvgIpc) is 3.13. The summed E-state index contributed by atoms with van der Waals surface area (Å²) in [5, 5.41) is 3.94. The van der Waals surface area contributed by atoms with Gasteiger partial charge in [0.05, 0.1) is 0 Å². The van der Waals surface area contributed by atoms with Crippen molar-refractivity contribution in [3.8, 4) is 10.6 Å². The fourth-order valence-electron chi connectivity index (χ4n) is 3.10. The predicted octanol–water partition coefficient (Wildman–Crippen LogP) is 6.22. The summed E-state index contributed by atoms with van der Waals surface area (Å²) in [7, 11) is 0. The van der Waals surface area contributed by atoms with E-state index in [1.54, 1.807) is 17.5 Å². The Labute approximate surface area is 174 Å². The first-order valence-corrected chi connectivity index (χ1v) is 10.4. The van der Waals surface area contributed by atoms with Crippen LogP contribution in [0.1, 0.15) is 42.3 Å². The minimum absolute atomic E-state index is 0.0615. The monoisotopic (exact) mass is 401 g/mol. The van der Waals surface area contributed by atoms with Crippen molar-refractivity contribution in [2.24, 2.45) is 0 Å². The molecule has 1 N–H and O–H groups in total. The number of hydrogen-bond acceptors (Lipinski definition) is 4. The second kappa shape index (κ2) is 7.41. The molecule has 1 amide bonds. The molecule has 0 spiro atoms. The third-order valence-electron chi connectivity index (χ3n) is 4.91. The number of amides is 1. The van der Waals surface area contributed by atoms with E-state index in [9.17, 15) is 4.79 Å². The van der Waals surface area contributed by atoms with E-state index in [1.165, 1.54) is 5.56 Å². The molecule has 0 saturated heterocycles. The molecule has 0 unspecified atom stereocenters. The van der Waals surface area contributed by atoms with Crippen LogP contribution < -0.4 is 5.32 Å². The van der Waals surface area contributed by atoms with Crippen LogP contribution in [0.3, 0.4) is 0 Å². The minimum Gasteiger partial charge on any atom is -0.322 e. The van der Waals surface area contributed by atoms with Gasteiger partial charge in [0, 0.05) is 23.0 Å². The molecule has 5 heteroatoms. The van der Waals surface area contributed by atoms with Gasteiger partial charge in [-0.1, -0.05) is 56.4 Å². The molecule has 0 aliphatic heterocycles. The first kappa shape index (κ1) is 19.3. The SMILES string of the molecule is Cc1ccc(-c2nc3cccnc3s2)cc1NC(=O)c1ccc(C(C)(C)C)cc1. The van der Waals surface area contributed by atoms with Gasteiger partial charge in [0.1, 0.15) is 15.4 Å². The molecule has 29 heavy (non-hydrogen) atoms. The van der Waals surface area contributed by atoms with Crippen molar-refractivity contribution in [1.29, 1.82) is 0 Å². The molecule has 0 aliphatic rings. The topological polar surface area (TPSA) is 54.9 Å². The lowest BCUT2D eigenvalue weighted by Crippen LogP contribution is -2.15. The normalized spacial score (nSPS) is 11.6. The number of anilines is 1. The molecule has 0 bridgehead atoms. The van der Waals surface area contributed by atoms with Crippen LogP contribution in [0.5, 0.6) is 0 Å². The van der Waals surface area contributed by atoms with Crippen LogP contribution in [0.4, 0.5) is 5.69 Å². The Hall–Kier alpha value is -3.05. The van der Waals surface area contributed by atoms with E-state index in [1.807, 2.05) is 61.5 Å². The van der Waals surface area contributed by atoms with Gasteiger partial charge in [0.25, 0.3) is 5.91 Å². The van der Waals surface area contributed by atoms with Crippen molar-refractivity contribution in [1.82, 2.24) is 9.97 Å². The number of pyridine rings is 1. The molecule has 2 aromatic heterocycles. The van der Waals surface area contributed by atoms with E-state index >= 15 is 0 Å². The van der Waals surface area contributed by atoms with E-state index in [0.29, 0.717) is 5.56 Å². The van der Waals surface area contributed by atoms with Crippen LogP contribution in [0.25, 0.3) is 20.9 Å². The number of nitrogens with one attached hydrogen (secondary N) is 1. The highest BCUT2D eigenvalue weighted by molar-refractivity contribution is 7.21. The second-order valence-electron chi connectivity index (χ2n) is 8.16. The van der Waals surface area contributed by atoms with Crippen molar-refractivity contribution >= 4 is 33.3 Å². The second-order valence-corrected chi connectivity index (χ2v) is 9.14. The summed E-state index contributed by atoms with van der Waals surface area (Å²) in [6.07, 6.45) is 1.77. The lowest BCUT2D eigenvalue weighted by molar-refractivity contribution is 0.102. The standard InChI is InChI=1S/C24H23N3OS/c1-15-7-8-17(22-27-19-6-5-13-25-23(19)29-22)14-20(15)26-21(28)16-9-11-18(12-10-16)24(2,3)4/h5-14H,1-4H3,(H,26,28). The van der Waals surface area contributed by atoms with E-state index in [4.69, 9.17) is 0 Å². The Balaban J connectivity index is 1.60. The Bertz CT molecular complexity index is 1150. The molecule has 4 nitrogen and oxygen atoms in total. The molecule has 2 aromatic carbocycles. The summed E-state index contributed by atoms with van der Waals surface area (Å²) in [6, 6.07) is 17.7. The van der Waals surface area contributed by atoms with Gasteiger partial charge in [0.15, 0.2) is 0 Å². The Morgan fingerprint density at radius 2 is 1.79 bits per heavy atom. The summed E-state index contributed by atoms with van der Waals surface area (Å²) >= 11 is 1.55. The average molecular weight is 402 g/mol. The van der Waals surface area contributed by atoms with Crippen LogP contribution in [0, 0.1) is 6.92 Å². The number of nitrogens with zero attached hydrogens (tertiary/aromatic N) is 2. The smallest absolute Gasteiger partial charge is 0.255 e. The molecule has 0 fully saturated rings. The summed E-state index contributed by atoms with van der Waals surface area (Å²) in [4.78, 5) is 22.7. The molecule has 0 atom stereocenters. The van der Waals surface area contributed by atoms with Crippen LogP contribution in [-0.2, 0) is 5.41 Å². The summed E-state index contributed by atoms with van der Waals surface area (Å²) < 4.78 is 0. The number of benzene rings is 2. The summed E-state index contributed by atoms with van der Waals surface area (Å²) in [5.74, 6) is -0.114. The molecule has 146 valence electrons. The number of carbonyl (C=O) groups is 1. The highest BCUT2D eigenvalue weighted by atomic mass is 32.1. The van der Waals surface area contributed by atoms with E-state index < -0.39 is 0 Å². The number of thiazole rings is 1. The molecule has 4 aromatic rings. The van der Waals surface area contributed by atoms with Crippen LogP contribution >= 0.6 is 11.3 Å². The van der Waals surface area contributed by atoms with E-state index in [0.717, 1.165) is 32.2 Å².